The molecule has 0 radical (unpaired) electrons. The van der Waals surface area contributed by atoms with Crippen LogP contribution in [0.3, 0.4) is 0 Å². The van der Waals surface area contributed by atoms with Gasteiger partial charge < -0.3 is 4.90 Å². The van der Waals surface area contributed by atoms with E-state index in [1.165, 1.54) is 30.6 Å². The van der Waals surface area contributed by atoms with E-state index in [0.29, 0.717) is 38.4 Å². The number of piperazine rings is 1. The van der Waals surface area contributed by atoms with Gasteiger partial charge in [-0.25, -0.2) is 9.37 Å². The second-order valence-corrected chi connectivity index (χ2v) is 5.57. The number of nitrogens with zero attached hydrogens (tertiary/aromatic N) is 4. The molecule has 0 atom stereocenters. The lowest BCUT2D eigenvalue weighted by atomic mass is 10.2. The molecule has 3 heterocycles. The van der Waals surface area contributed by atoms with Gasteiger partial charge in [-0.05, 0) is 24.3 Å². The number of pyridine rings is 2. The van der Waals surface area contributed by atoms with Gasteiger partial charge in [0, 0.05) is 45.1 Å². The minimum absolute atomic E-state index is 0.0475. The first-order valence-electron chi connectivity index (χ1n) is 7.54. The summed E-state index contributed by atoms with van der Waals surface area (Å²) in [6.07, 6.45) is -1.55. The largest absolute Gasteiger partial charge is 0.419 e. The number of aromatic nitrogens is 2. The van der Waals surface area contributed by atoms with Gasteiger partial charge in [0.2, 0.25) is 0 Å². The molecular formula is C16H16F4N4. The van der Waals surface area contributed by atoms with Crippen molar-refractivity contribution in [1.82, 2.24) is 14.9 Å². The van der Waals surface area contributed by atoms with Gasteiger partial charge in [0.25, 0.3) is 0 Å². The third-order valence-corrected chi connectivity index (χ3v) is 3.97. The molecule has 0 spiro atoms. The van der Waals surface area contributed by atoms with Crippen LogP contribution in [0.15, 0.2) is 36.7 Å². The maximum Gasteiger partial charge on any atom is 0.419 e. The van der Waals surface area contributed by atoms with Gasteiger partial charge in [0.05, 0.1) is 11.3 Å². The topological polar surface area (TPSA) is 32.3 Å². The molecule has 0 saturated carbocycles. The molecule has 1 saturated heterocycles. The Bertz CT molecular complexity index is 696. The Morgan fingerprint density at radius 3 is 2.29 bits per heavy atom. The van der Waals surface area contributed by atoms with Crippen molar-refractivity contribution in [2.45, 2.75) is 12.7 Å². The van der Waals surface area contributed by atoms with Gasteiger partial charge in [-0.3, -0.25) is 9.88 Å². The fourth-order valence-corrected chi connectivity index (χ4v) is 2.73. The van der Waals surface area contributed by atoms with Gasteiger partial charge in [0.15, 0.2) is 0 Å². The van der Waals surface area contributed by atoms with Gasteiger partial charge in [-0.1, -0.05) is 0 Å². The van der Waals surface area contributed by atoms with Gasteiger partial charge in [-0.15, -0.1) is 0 Å². The highest BCUT2D eigenvalue weighted by atomic mass is 19.4. The molecule has 1 aliphatic heterocycles. The Morgan fingerprint density at radius 1 is 0.958 bits per heavy atom. The lowest BCUT2D eigenvalue weighted by molar-refractivity contribution is -0.137. The zero-order valence-corrected chi connectivity index (χ0v) is 12.8. The molecule has 0 amide bonds. The van der Waals surface area contributed by atoms with E-state index >= 15 is 0 Å². The van der Waals surface area contributed by atoms with Crippen LogP contribution in [-0.4, -0.2) is 41.0 Å². The smallest absolute Gasteiger partial charge is 0.354 e. The predicted molar refractivity (Wildman–Crippen MR) is 80.9 cm³/mol. The highest BCUT2D eigenvalue weighted by Gasteiger charge is 2.36. The summed E-state index contributed by atoms with van der Waals surface area (Å²) in [7, 11) is 0. The van der Waals surface area contributed by atoms with Crippen LogP contribution in [0, 0.1) is 5.82 Å². The zero-order valence-electron chi connectivity index (χ0n) is 12.8. The van der Waals surface area contributed by atoms with Crippen LogP contribution in [-0.2, 0) is 12.7 Å². The van der Waals surface area contributed by atoms with Crippen LogP contribution in [0.5, 0.6) is 0 Å². The van der Waals surface area contributed by atoms with E-state index in [1.807, 2.05) is 4.90 Å². The van der Waals surface area contributed by atoms with Gasteiger partial charge in [-0.2, -0.15) is 13.2 Å². The summed E-state index contributed by atoms with van der Waals surface area (Å²) in [5.41, 5.74) is -0.381. The maximum absolute atomic E-state index is 13.6. The van der Waals surface area contributed by atoms with E-state index in [4.69, 9.17) is 0 Å². The van der Waals surface area contributed by atoms with Crippen molar-refractivity contribution in [1.29, 1.82) is 0 Å². The summed E-state index contributed by atoms with van der Waals surface area (Å²) >= 11 is 0. The highest BCUT2D eigenvalue weighted by Crippen LogP contribution is 2.35. The number of hydrogen-bond acceptors (Lipinski definition) is 4. The summed E-state index contributed by atoms with van der Waals surface area (Å²) in [5.74, 6) is -0.419. The lowest BCUT2D eigenvalue weighted by Crippen LogP contribution is -2.47. The van der Waals surface area contributed by atoms with Gasteiger partial charge in [0.1, 0.15) is 11.6 Å². The van der Waals surface area contributed by atoms with Crippen molar-refractivity contribution in [2.24, 2.45) is 0 Å². The van der Waals surface area contributed by atoms with Crippen LogP contribution >= 0.6 is 0 Å². The summed E-state index contributed by atoms with van der Waals surface area (Å²) in [6.45, 7) is 2.17. The highest BCUT2D eigenvalue weighted by molar-refractivity contribution is 5.48. The molecule has 0 aromatic carbocycles. The Balaban J connectivity index is 1.67. The van der Waals surface area contributed by atoms with E-state index in [0.717, 1.165) is 6.07 Å². The second-order valence-electron chi connectivity index (χ2n) is 5.57. The molecule has 0 N–H and O–H groups in total. The molecule has 1 aliphatic rings. The summed E-state index contributed by atoms with van der Waals surface area (Å²) in [5, 5.41) is 0. The number of alkyl halides is 3. The van der Waals surface area contributed by atoms with Crippen molar-refractivity contribution in [3.8, 4) is 0 Å². The van der Waals surface area contributed by atoms with Crippen LogP contribution in [0.4, 0.5) is 23.4 Å². The second kappa shape index (κ2) is 6.72. The van der Waals surface area contributed by atoms with Gasteiger partial charge >= 0.3 is 6.18 Å². The van der Waals surface area contributed by atoms with E-state index < -0.39 is 11.7 Å². The number of hydrogen-bond donors (Lipinski definition) is 0. The van der Waals surface area contributed by atoms with Crippen molar-refractivity contribution < 1.29 is 17.6 Å². The Morgan fingerprint density at radius 2 is 1.62 bits per heavy atom. The van der Waals surface area contributed by atoms with Crippen LogP contribution in [0.2, 0.25) is 0 Å². The average molecular weight is 340 g/mol. The molecule has 2 aromatic heterocycles. The van der Waals surface area contributed by atoms with E-state index in [9.17, 15) is 17.6 Å². The molecule has 3 rings (SSSR count). The molecule has 0 bridgehead atoms. The van der Waals surface area contributed by atoms with Crippen molar-refractivity contribution in [3.63, 3.8) is 0 Å². The fraction of sp³-hybridized carbons (Fsp3) is 0.375. The SMILES string of the molecule is Fc1cccnc1CN1CCN(c2ncccc2C(F)(F)F)CC1. The third-order valence-electron chi connectivity index (χ3n) is 3.97. The van der Waals surface area contributed by atoms with Crippen molar-refractivity contribution >= 4 is 5.82 Å². The molecule has 24 heavy (non-hydrogen) atoms. The van der Waals surface area contributed by atoms with Crippen molar-refractivity contribution in [2.75, 3.05) is 31.1 Å². The normalized spacial score (nSPS) is 16.4. The number of anilines is 1. The molecule has 4 nitrogen and oxygen atoms in total. The number of halogens is 4. The summed E-state index contributed by atoms with van der Waals surface area (Å²) in [4.78, 5) is 11.5. The molecule has 0 unspecified atom stereocenters. The molecule has 2 aromatic rings. The fourth-order valence-electron chi connectivity index (χ4n) is 2.73. The standard InChI is InChI=1S/C16H16F4N4/c17-13-4-2-5-21-14(13)11-23-7-9-24(10-8-23)15-12(16(18,19)20)3-1-6-22-15/h1-6H,7-11H2. The monoisotopic (exact) mass is 340 g/mol. The van der Waals surface area contributed by atoms with E-state index in [-0.39, 0.29) is 11.6 Å². The minimum Gasteiger partial charge on any atom is -0.354 e. The minimum atomic E-state index is -4.43. The molecule has 128 valence electrons. The van der Waals surface area contributed by atoms with Crippen molar-refractivity contribution in [3.05, 3.63) is 53.7 Å². The number of rotatable bonds is 3. The quantitative estimate of drug-likeness (QED) is 0.804. The first kappa shape index (κ1) is 16.6. The van der Waals surface area contributed by atoms with Crippen LogP contribution in [0.1, 0.15) is 11.3 Å². The summed E-state index contributed by atoms with van der Waals surface area (Å²) in [6, 6.07) is 5.20. The first-order valence-corrected chi connectivity index (χ1v) is 7.54. The molecule has 0 aliphatic carbocycles. The Kier molecular flexibility index (Phi) is 4.66. The van der Waals surface area contributed by atoms with E-state index in [1.54, 1.807) is 4.90 Å². The molecule has 1 fully saturated rings. The predicted octanol–water partition coefficient (Wildman–Crippen LogP) is 2.96. The average Bonchev–Trinajstić information content (AvgIpc) is 2.57. The third kappa shape index (κ3) is 3.64. The van der Waals surface area contributed by atoms with E-state index in [2.05, 4.69) is 9.97 Å². The molecule has 8 heteroatoms. The Hall–Kier alpha value is -2.22. The first-order chi connectivity index (χ1) is 11.4. The van der Waals surface area contributed by atoms with Crippen LogP contribution < -0.4 is 4.90 Å². The zero-order chi connectivity index (χ0) is 17.2. The molecular weight excluding hydrogens is 324 g/mol. The lowest BCUT2D eigenvalue weighted by Gasteiger charge is -2.36. The summed E-state index contributed by atoms with van der Waals surface area (Å²) < 4.78 is 52.9. The van der Waals surface area contributed by atoms with Crippen LogP contribution in [0.25, 0.3) is 0 Å². The Labute approximate surface area is 136 Å². The maximum atomic E-state index is 13.6.